The Balaban J connectivity index is 1.66. The number of pyridine rings is 1. The third-order valence-corrected chi connectivity index (χ3v) is 5.71. The molecule has 0 spiro atoms. The molecule has 0 aromatic carbocycles. The number of rotatable bonds is 5. The summed E-state index contributed by atoms with van der Waals surface area (Å²) >= 11 is 0. The molecule has 2 aromatic rings. The number of fused-ring (bicyclic) bond motifs is 1. The first-order valence-corrected chi connectivity index (χ1v) is 10.7. The lowest BCUT2D eigenvalue weighted by atomic mass is 9.88. The molecule has 1 aliphatic heterocycles. The van der Waals surface area contributed by atoms with Gasteiger partial charge in [0.1, 0.15) is 5.82 Å². The Morgan fingerprint density at radius 1 is 1.21 bits per heavy atom. The van der Waals surface area contributed by atoms with E-state index in [9.17, 15) is 0 Å². The molecule has 2 aromatic heterocycles. The third-order valence-electron chi connectivity index (χ3n) is 5.71. The molecule has 2 N–H and O–H groups in total. The zero-order chi connectivity index (χ0) is 20.5. The SMILES string of the molecule is Cc1ccc2c(C(C)C)nc([C@@H]3C[C@@H](/C(C=NC4CC4)=C/N)O[C@@H](C)C3)nc2n1. The predicted molar refractivity (Wildman–Crippen MR) is 116 cm³/mol. The van der Waals surface area contributed by atoms with Crippen LogP contribution in [-0.4, -0.2) is 39.4 Å². The van der Waals surface area contributed by atoms with E-state index in [1.54, 1.807) is 6.20 Å². The van der Waals surface area contributed by atoms with Crippen LogP contribution in [0.3, 0.4) is 0 Å². The van der Waals surface area contributed by atoms with Crippen LogP contribution in [0.4, 0.5) is 0 Å². The summed E-state index contributed by atoms with van der Waals surface area (Å²) in [5.74, 6) is 1.38. The molecule has 3 atom stereocenters. The Labute approximate surface area is 172 Å². The number of nitrogens with zero attached hydrogens (tertiary/aromatic N) is 4. The molecule has 6 heteroatoms. The highest BCUT2D eigenvalue weighted by Gasteiger charge is 2.32. The van der Waals surface area contributed by atoms with Gasteiger partial charge in [-0.2, -0.15) is 0 Å². The first-order valence-electron chi connectivity index (χ1n) is 10.7. The molecule has 1 aliphatic carbocycles. The lowest BCUT2D eigenvalue weighted by Crippen LogP contribution is -2.33. The van der Waals surface area contributed by atoms with Crippen molar-refractivity contribution < 1.29 is 4.74 Å². The second kappa shape index (κ2) is 8.19. The van der Waals surface area contributed by atoms with E-state index < -0.39 is 0 Å². The average Bonchev–Trinajstić information content (AvgIpc) is 3.51. The zero-order valence-corrected chi connectivity index (χ0v) is 17.8. The summed E-state index contributed by atoms with van der Waals surface area (Å²) in [5.41, 5.74) is 9.70. The molecule has 2 fully saturated rings. The van der Waals surface area contributed by atoms with Crippen LogP contribution >= 0.6 is 0 Å². The second-order valence-corrected chi connectivity index (χ2v) is 8.73. The Morgan fingerprint density at radius 2 is 2.00 bits per heavy atom. The van der Waals surface area contributed by atoms with Gasteiger partial charge in [-0.3, -0.25) is 4.99 Å². The lowest BCUT2D eigenvalue weighted by molar-refractivity contribution is -0.0272. The lowest BCUT2D eigenvalue weighted by Gasteiger charge is -2.34. The Morgan fingerprint density at radius 3 is 2.69 bits per heavy atom. The highest BCUT2D eigenvalue weighted by Crippen LogP contribution is 2.35. The topological polar surface area (TPSA) is 86.3 Å². The molecule has 0 bridgehead atoms. The molecule has 0 radical (unpaired) electrons. The molecule has 154 valence electrons. The summed E-state index contributed by atoms with van der Waals surface area (Å²) in [6, 6.07) is 4.59. The van der Waals surface area contributed by atoms with E-state index in [1.807, 2.05) is 19.2 Å². The quantitative estimate of drug-likeness (QED) is 0.770. The van der Waals surface area contributed by atoms with Crippen molar-refractivity contribution >= 4 is 17.2 Å². The standard InChI is InChI=1S/C23H31N5O/c1-13(2)21-19-8-5-14(3)26-23(19)28-22(27-21)16-9-15(4)29-20(10-16)17(11-24)12-25-18-6-7-18/h5,8,11-13,15-16,18,20H,6-7,9-10,24H2,1-4H3/b17-11+,25-12?/t15-,16-,20-/m0/s1. The van der Waals surface area contributed by atoms with Crippen molar-refractivity contribution in [2.24, 2.45) is 10.7 Å². The fourth-order valence-electron chi connectivity index (χ4n) is 3.99. The monoisotopic (exact) mass is 393 g/mol. The van der Waals surface area contributed by atoms with E-state index in [-0.39, 0.29) is 18.1 Å². The first-order chi connectivity index (χ1) is 13.9. The number of aromatic nitrogens is 3. The average molecular weight is 394 g/mol. The van der Waals surface area contributed by atoms with E-state index in [1.165, 1.54) is 12.8 Å². The minimum Gasteiger partial charge on any atom is -0.404 e. The van der Waals surface area contributed by atoms with E-state index in [0.29, 0.717) is 12.0 Å². The van der Waals surface area contributed by atoms with Crippen LogP contribution in [0.15, 0.2) is 28.9 Å². The summed E-state index contributed by atoms with van der Waals surface area (Å²) in [6.07, 6.45) is 7.61. The number of aryl methyl sites for hydroxylation is 1. The molecule has 2 aliphatic rings. The van der Waals surface area contributed by atoms with Crippen LogP contribution in [0.5, 0.6) is 0 Å². The van der Waals surface area contributed by atoms with Gasteiger partial charge in [0, 0.05) is 35.0 Å². The smallest absolute Gasteiger partial charge is 0.163 e. The van der Waals surface area contributed by atoms with Gasteiger partial charge in [0.05, 0.1) is 23.9 Å². The summed E-state index contributed by atoms with van der Waals surface area (Å²) in [7, 11) is 0. The molecule has 29 heavy (non-hydrogen) atoms. The van der Waals surface area contributed by atoms with E-state index in [2.05, 4.69) is 36.8 Å². The molecule has 1 saturated heterocycles. The number of nitrogens with two attached hydrogens (primary N) is 1. The van der Waals surface area contributed by atoms with Gasteiger partial charge in [-0.05, 0) is 57.6 Å². The van der Waals surface area contributed by atoms with Crippen molar-refractivity contribution in [3.05, 3.63) is 41.1 Å². The van der Waals surface area contributed by atoms with Gasteiger partial charge in [0.25, 0.3) is 0 Å². The van der Waals surface area contributed by atoms with Crippen molar-refractivity contribution in [2.45, 2.75) is 83.5 Å². The second-order valence-electron chi connectivity index (χ2n) is 8.73. The van der Waals surface area contributed by atoms with Crippen molar-refractivity contribution in [2.75, 3.05) is 0 Å². The van der Waals surface area contributed by atoms with Gasteiger partial charge in [-0.15, -0.1) is 0 Å². The van der Waals surface area contributed by atoms with Gasteiger partial charge in [-0.25, -0.2) is 15.0 Å². The maximum Gasteiger partial charge on any atom is 0.163 e. The van der Waals surface area contributed by atoms with Crippen molar-refractivity contribution in [3.8, 4) is 0 Å². The number of ether oxygens (including phenoxy) is 1. The molecule has 3 heterocycles. The summed E-state index contributed by atoms with van der Waals surface area (Å²) < 4.78 is 6.22. The van der Waals surface area contributed by atoms with Crippen molar-refractivity contribution in [3.63, 3.8) is 0 Å². The maximum atomic E-state index is 6.22. The number of hydrogen-bond donors (Lipinski definition) is 1. The van der Waals surface area contributed by atoms with Gasteiger partial charge in [0.15, 0.2) is 5.65 Å². The zero-order valence-electron chi connectivity index (χ0n) is 17.8. The molecule has 6 nitrogen and oxygen atoms in total. The van der Waals surface area contributed by atoms with Crippen LogP contribution in [-0.2, 0) is 4.74 Å². The Bertz CT molecular complexity index is 948. The predicted octanol–water partition coefficient (Wildman–Crippen LogP) is 4.18. The van der Waals surface area contributed by atoms with Crippen molar-refractivity contribution in [1.82, 2.24) is 15.0 Å². The van der Waals surface area contributed by atoms with Gasteiger partial charge in [0.2, 0.25) is 0 Å². The van der Waals surface area contributed by atoms with E-state index in [4.69, 9.17) is 20.4 Å². The Kier molecular flexibility index (Phi) is 5.63. The first kappa shape index (κ1) is 20.0. The van der Waals surface area contributed by atoms with Crippen LogP contribution < -0.4 is 5.73 Å². The number of aliphatic imine (C=N–C) groups is 1. The Hall–Kier alpha value is -2.34. The fourth-order valence-corrected chi connectivity index (χ4v) is 3.99. The van der Waals surface area contributed by atoms with Crippen LogP contribution in [0.25, 0.3) is 11.0 Å². The van der Waals surface area contributed by atoms with Crippen LogP contribution in [0, 0.1) is 6.92 Å². The highest BCUT2D eigenvalue weighted by molar-refractivity contribution is 5.80. The largest absolute Gasteiger partial charge is 0.404 e. The molecule has 0 amide bonds. The van der Waals surface area contributed by atoms with Crippen LogP contribution in [0.1, 0.15) is 75.5 Å². The molecule has 1 saturated carbocycles. The summed E-state index contributed by atoms with van der Waals surface area (Å²) in [6.45, 7) is 8.45. The fraction of sp³-hybridized carbons (Fsp3) is 0.565. The minimum atomic E-state index is -0.0801. The molecular formula is C23H31N5O. The minimum absolute atomic E-state index is 0.0801. The summed E-state index contributed by atoms with van der Waals surface area (Å²) in [5, 5.41) is 1.05. The maximum absolute atomic E-state index is 6.22. The normalized spacial score (nSPS) is 26.0. The van der Waals surface area contributed by atoms with Gasteiger partial charge in [-0.1, -0.05) is 13.8 Å². The van der Waals surface area contributed by atoms with Crippen LogP contribution in [0.2, 0.25) is 0 Å². The number of hydrogen-bond acceptors (Lipinski definition) is 6. The molecule has 0 unspecified atom stereocenters. The van der Waals surface area contributed by atoms with Gasteiger partial charge < -0.3 is 10.5 Å². The molecular weight excluding hydrogens is 362 g/mol. The third kappa shape index (κ3) is 4.47. The van der Waals surface area contributed by atoms with E-state index >= 15 is 0 Å². The highest BCUT2D eigenvalue weighted by atomic mass is 16.5. The van der Waals surface area contributed by atoms with E-state index in [0.717, 1.165) is 46.7 Å². The van der Waals surface area contributed by atoms with Gasteiger partial charge >= 0.3 is 0 Å². The summed E-state index contributed by atoms with van der Waals surface area (Å²) in [4.78, 5) is 19.2. The van der Waals surface area contributed by atoms with Crippen molar-refractivity contribution in [1.29, 1.82) is 0 Å². The molecule has 4 rings (SSSR count).